The summed E-state index contributed by atoms with van der Waals surface area (Å²) in [5, 5.41) is 2.48. The Hall–Kier alpha value is -1.48. The fourth-order valence-corrected chi connectivity index (χ4v) is 2.80. The van der Waals surface area contributed by atoms with Crippen LogP contribution in [0.1, 0.15) is 6.92 Å². The second-order valence-corrected chi connectivity index (χ2v) is 5.10. The van der Waals surface area contributed by atoms with E-state index in [9.17, 15) is 0 Å². The molecule has 0 saturated carbocycles. The van der Waals surface area contributed by atoms with E-state index in [-0.39, 0.29) is 0 Å². The first-order valence-electron chi connectivity index (χ1n) is 5.67. The number of nitrogens with zero attached hydrogens (tertiary/aromatic N) is 1. The van der Waals surface area contributed by atoms with Gasteiger partial charge in [-0.25, -0.2) is 0 Å². The zero-order valence-electron chi connectivity index (χ0n) is 9.57. The molecule has 0 amide bonds. The van der Waals surface area contributed by atoms with Crippen molar-refractivity contribution in [2.45, 2.75) is 13.5 Å². The maximum absolute atomic E-state index is 5.88. The fourth-order valence-electron chi connectivity index (χ4n) is 2.43. The number of benzene rings is 2. The number of aromatic nitrogens is 1. The Morgan fingerprint density at radius 3 is 2.41 bits per heavy atom. The molecule has 0 spiro atoms. The molecule has 0 unspecified atom stereocenters. The van der Waals surface area contributed by atoms with Gasteiger partial charge < -0.3 is 10.3 Å². The molecule has 0 atom stereocenters. The maximum atomic E-state index is 5.88. The third kappa shape index (κ3) is 1.53. The molecule has 0 aliphatic carbocycles. The third-order valence-corrected chi connectivity index (χ3v) is 3.66. The van der Waals surface area contributed by atoms with Crippen LogP contribution >= 0.6 is 15.9 Å². The molecule has 0 saturated heterocycles. The molecule has 0 aliphatic rings. The predicted octanol–water partition coefficient (Wildman–Crippen LogP) is 4.16. The van der Waals surface area contributed by atoms with Gasteiger partial charge in [-0.05, 0) is 43.3 Å². The second-order valence-electron chi connectivity index (χ2n) is 4.18. The van der Waals surface area contributed by atoms with Gasteiger partial charge in [0.05, 0.1) is 0 Å². The summed E-state index contributed by atoms with van der Waals surface area (Å²) in [6.07, 6.45) is 0. The number of halogens is 1. The summed E-state index contributed by atoms with van der Waals surface area (Å²) in [5.41, 5.74) is 9.20. The number of rotatable bonds is 1. The van der Waals surface area contributed by atoms with Crippen LogP contribution in [0.3, 0.4) is 0 Å². The van der Waals surface area contributed by atoms with E-state index in [1.807, 2.05) is 6.07 Å². The van der Waals surface area contributed by atoms with E-state index in [1.54, 1.807) is 0 Å². The highest BCUT2D eigenvalue weighted by atomic mass is 79.9. The zero-order chi connectivity index (χ0) is 12.0. The van der Waals surface area contributed by atoms with Crippen molar-refractivity contribution < 1.29 is 0 Å². The lowest BCUT2D eigenvalue weighted by Gasteiger charge is -2.02. The van der Waals surface area contributed by atoms with Gasteiger partial charge in [0.25, 0.3) is 0 Å². The largest absolute Gasteiger partial charge is 0.399 e. The molecule has 0 aliphatic heterocycles. The molecule has 0 fully saturated rings. The van der Waals surface area contributed by atoms with Gasteiger partial charge in [0.2, 0.25) is 0 Å². The van der Waals surface area contributed by atoms with Gasteiger partial charge in [0, 0.05) is 38.5 Å². The van der Waals surface area contributed by atoms with Crippen LogP contribution in [0.15, 0.2) is 40.9 Å². The molecule has 2 N–H and O–H groups in total. The molecule has 2 aromatic carbocycles. The lowest BCUT2D eigenvalue weighted by atomic mass is 10.1. The van der Waals surface area contributed by atoms with E-state index in [0.717, 1.165) is 16.7 Å². The normalized spacial score (nSPS) is 11.4. The van der Waals surface area contributed by atoms with E-state index in [2.05, 4.69) is 57.8 Å². The van der Waals surface area contributed by atoms with E-state index >= 15 is 0 Å². The Labute approximate surface area is 108 Å². The minimum atomic E-state index is 0.813. The maximum Gasteiger partial charge on any atom is 0.0492 e. The zero-order valence-corrected chi connectivity index (χ0v) is 11.2. The molecule has 2 nitrogen and oxygen atoms in total. The van der Waals surface area contributed by atoms with Crippen LogP contribution in [-0.4, -0.2) is 4.57 Å². The number of nitrogens with two attached hydrogens (primary N) is 1. The number of fused-ring (bicyclic) bond motifs is 3. The molecule has 86 valence electrons. The number of nitrogen functional groups attached to an aromatic ring is 1. The predicted molar refractivity (Wildman–Crippen MR) is 77.2 cm³/mol. The van der Waals surface area contributed by atoms with Crippen molar-refractivity contribution in [1.82, 2.24) is 4.57 Å². The number of aryl methyl sites for hydroxylation is 1. The summed E-state index contributed by atoms with van der Waals surface area (Å²) >= 11 is 3.53. The van der Waals surface area contributed by atoms with Crippen molar-refractivity contribution in [3.8, 4) is 0 Å². The van der Waals surface area contributed by atoms with Crippen molar-refractivity contribution in [2.24, 2.45) is 0 Å². The first-order valence-corrected chi connectivity index (χ1v) is 6.47. The Kier molecular flexibility index (Phi) is 2.37. The second kappa shape index (κ2) is 3.77. The standard InChI is InChI=1S/C14H13BrN2/c1-2-17-13-5-3-9(15)7-11(13)12-8-10(16)4-6-14(12)17/h3-8H,2,16H2,1H3. The van der Waals surface area contributed by atoms with Crippen molar-refractivity contribution >= 4 is 43.4 Å². The topological polar surface area (TPSA) is 30.9 Å². The van der Waals surface area contributed by atoms with E-state index in [0.29, 0.717) is 0 Å². The SMILES string of the molecule is CCn1c2ccc(N)cc2c2cc(Br)ccc21. The molecule has 17 heavy (non-hydrogen) atoms. The lowest BCUT2D eigenvalue weighted by molar-refractivity contribution is 0.827. The average molecular weight is 289 g/mol. The van der Waals surface area contributed by atoms with Crippen molar-refractivity contribution in [3.63, 3.8) is 0 Å². The van der Waals surface area contributed by atoms with Crippen molar-refractivity contribution in [2.75, 3.05) is 5.73 Å². The van der Waals surface area contributed by atoms with Crippen molar-refractivity contribution in [1.29, 1.82) is 0 Å². The summed E-state index contributed by atoms with van der Waals surface area (Å²) in [5.74, 6) is 0. The van der Waals surface area contributed by atoms with Crippen LogP contribution in [0, 0.1) is 0 Å². The highest BCUT2D eigenvalue weighted by Gasteiger charge is 2.09. The summed E-state index contributed by atoms with van der Waals surface area (Å²) in [6.45, 7) is 3.13. The van der Waals surface area contributed by atoms with Gasteiger partial charge in [0.1, 0.15) is 0 Å². The van der Waals surface area contributed by atoms with Crippen LogP contribution in [0.5, 0.6) is 0 Å². The van der Waals surface area contributed by atoms with Gasteiger partial charge in [0.15, 0.2) is 0 Å². The van der Waals surface area contributed by atoms with Gasteiger partial charge in [-0.15, -0.1) is 0 Å². The summed E-state index contributed by atoms with van der Waals surface area (Å²) < 4.78 is 3.42. The van der Waals surface area contributed by atoms with Gasteiger partial charge in [-0.1, -0.05) is 15.9 Å². The quantitative estimate of drug-likeness (QED) is 0.670. The highest BCUT2D eigenvalue weighted by molar-refractivity contribution is 9.10. The molecule has 3 heteroatoms. The summed E-state index contributed by atoms with van der Waals surface area (Å²) in [4.78, 5) is 0. The first-order chi connectivity index (χ1) is 8.20. The first kappa shape index (κ1) is 10.7. The molecule has 1 heterocycles. The van der Waals surface area contributed by atoms with E-state index in [1.165, 1.54) is 21.8 Å². The van der Waals surface area contributed by atoms with Crippen LogP contribution in [0.2, 0.25) is 0 Å². The summed E-state index contributed by atoms with van der Waals surface area (Å²) in [7, 11) is 0. The van der Waals surface area contributed by atoms with Gasteiger partial charge in [-0.2, -0.15) is 0 Å². The molecule has 1 aromatic heterocycles. The number of hydrogen-bond donors (Lipinski definition) is 1. The minimum Gasteiger partial charge on any atom is -0.399 e. The Morgan fingerprint density at radius 1 is 1.06 bits per heavy atom. The van der Waals surface area contributed by atoms with E-state index in [4.69, 9.17) is 5.73 Å². The molecule has 3 rings (SSSR count). The number of hydrogen-bond acceptors (Lipinski definition) is 1. The molecular formula is C14H13BrN2. The monoisotopic (exact) mass is 288 g/mol. The number of anilines is 1. The Balaban J connectivity index is 2.57. The van der Waals surface area contributed by atoms with Gasteiger partial charge in [-0.3, -0.25) is 0 Å². The molecular weight excluding hydrogens is 276 g/mol. The Bertz CT molecular complexity index is 654. The molecule has 0 radical (unpaired) electrons. The molecule has 0 bridgehead atoms. The van der Waals surface area contributed by atoms with Crippen LogP contribution in [0.25, 0.3) is 21.8 Å². The van der Waals surface area contributed by atoms with Crippen LogP contribution in [-0.2, 0) is 6.54 Å². The van der Waals surface area contributed by atoms with E-state index < -0.39 is 0 Å². The highest BCUT2D eigenvalue weighted by Crippen LogP contribution is 2.32. The van der Waals surface area contributed by atoms with Crippen LogP contribution in [0.4, 0.5) is 5.69 Å². The lowest BCUT2D eigenvalue weighted by Crippen LogP contribution is -1.92. The van der Waals surface area contributed by atoms with Gasteiger partial charge >= 0.3 is 0 Å². The molecule has 3 aromatic rings. The Morgan fingerprint density at radius 2 is 1.71 bits per heavy atom. The smallest absolute Gasteiger partial charge is 0.0492 e. The summed E-state index contributed by atoms with van der Waals surface area (Å²) in [6, 6.07) is 12.5. The third-order valence-electron chi connectivity index (χ3n) is 3.17. The van der Waals surface area contributed by atoms with Crippen LogP contribution < -0.4 is 5.73 Å². The fraction of sp³-hybridized carbons (Fsp3) is 0.143. The average Bonchev–Trinajstić information content (AvgIpc) is 2.62. The van der Waals surface area contributed by atoms with Crippen molar-refractivity contribution in [3.05, 3.63) is 40.9 Å². The minimum absolute atomic E-state index is 0.813.